The Labute approximate surface area is 141 Å². The Hall–Kier alpha value is -3.13. The lowest BCUT2D eigenvalue weighted by Crippen LogP contribution is -2.25. The molecule has 5 nitrogen and oxygen atoms in total. The van der Waals surface area contributed by atoms with Gasteiger partial charge in [0.2, 0.25) is 0 Å². The maximum Gasteiger partial charge on any atom is 0.277 e. The van der Waals surface area contributed by atoms with E-state index in [1.54, 1.807) is 31.2 Å². The number of aryl methyl sites for hydroxylation is 2. The van der Waals surface area contributed by atoms with Crippen molar-refractivity contribution in [1.29, 1.82) is 5.26 Å². The number of hydrogen-bond donors (Lipinski definition) is 1. The second kappa shape index (κ2) is 7.93. The molecule has 5 heteroatoms. The van der Waals surface area contributed by atoms with Gasteiger partial charge >= 0.3 is 0 Å². The quantitative estimate of drug-likeness (QED) is 0.679. The summed E-state index contributed by atoms with van der Waals surface area (Å²) in [5, 5.41) is 12.8. The molecule has 0 atom stereocenters. The van der Waals surface area contributed by atoms with Crippen LogP contribution >= 0.6 is 0 Å². The van der Waals surface area contributed by atoms with Crippen molar-refractivity contribution in [2.45, 2.75) is 20.8 Å². The third-order valence-corrected chi connectivity index (χ3v) is 3.35. The number of amides is 1. The molecular formula is C19H19N3O2. The summed E-state index contributed by atoms with van der Waals surface area (Å²) in [6, 6.07) is 14.8. The number of hydrazone groups is 1. The Morgan fingerprint density at radius 3 is 2.38 bits per heavy atom. The summed E-state index contributed by atoms with van der Waals surface area (Å²) in [5.41, 5.74) is 6.71. The average Bonchev–Trinajstić information content (AvgIpc) is 2.57. The highest BCUT2D eigenvalue weighted by Crippen LogP contribution is 2.15. The molecule has 0 saturated carbocycles. The fourth-order valence-electron chi connectivity index (χ4n) is 2.19. The van der Waals surface area contributed by atoms with Gasteiger partial charge in [-0.05, 0) is 61.7 Å². The maximum absolute atomic E-state index is 11.8. The lowest BCUT2D eigenvalue weighted by atomic mass is 10.1. The Morgan fingerprint density at radius 2 is 1.79 bits per heavy atom. The lowest BCUT2D eigenvalue weighted by molar-refractivity contribution is -0.123. The van der Waals surface area contributed by atoms with Crippen molar-refractivity contribution < 1.29 is 9.53 Å². The molecule has 0 radical (unpaired) electrons. The third-order valence-electron chi connectivity index (χ3n) is 3.35. The summed E-state index contributed by atoms with van der Waals surface area (Å²) in [5.74, 6) is 0.331. The van der Waals surface area contributed by atoms with E-state index in [0.717, 1.165) is 16.7 Å². The topological polar surface area (TPSA) is 74.5 Å². The summed E-state index contributed by atoms with van der Waals surface area (Å²) in [4.78, 5) is 11.8. The van der Waals surface area contributed by atoms with E-state index in [9.17, 15) is 4.79 Å². The van der Waals surface area contributed by atoms with Crippen LogP contribution in [0.4, 0.5) is 0 Å². The SMILES string of the molecule is CC(=NNC(=O)COc1cc(C)cc(C)c1)c1ccc(C#N)cc1. The molecule has 0 spiro atoms. The van der Waals surface area contributed by atoms with Crippen molar-refractivity contribution in [3.63, 3.8) is 0 Å². The van der Waals surface area contributed by atoms with Crippen LogP contribution in [0.5, 0.6) is 5.75 Å². The number of nitrogens with zero attached hydrogens (tertiary/aromatic N) is 2. The summed E-state index contributed by atoms with van der Waals surface area (Å²) in [6.07, 6.45) is 0. The first kappa shape index (κ1) is 17.2. The minimum Gasteiger partial charge on any atom is -0.484 e. The zero-order valence-corrected chi connectivity index (χ0v) is 14.0. The van der Waals surface area contributed by atoms with E-state index in [1.165, 1.54) is 0 Å². The number of nitrogens with one attached hydrogen (secondary N) is 1. The molecule has 0 heterocycles. The number of carbonyl (C=O) groups excluding carboxylic acids is 1. The fraction of sp³-hybridized carbons (Fsp3) is 0.211. The molecule has 2 aromatic carbocycles. The van der Waals surface area contributed by atoms with Crippen molar-refractivity contribution in [2.75, 3.05) is 6.61 Å². The summed E-state index contributed by atoms with van der Waals surface area (Å²) in [6.45, 7) is 5.63. The summed E-state index contributed by atoms with van der Waals surface area (Å²) < 4.78 is 5.48. The van der Waals surface area contributed by atoms with Gasteiger partial charge < -0.3 is 4.74 Å². The summed E-state index contributed by atoms with van der Waals surface area (Å²) >= 11 is 0. The van der Waals surface area contributed by atoms with Gasteiger partial charge in [0.05, 0.1) is 17.3 Å². The molecule has 0 aliphatic heterocycles. The van der Waals surface area contributed by atoms with Crippen LogP contribution in [0, 0.1) is 25.2 Å². The van der Waals surface area contributed by atoms with Crippen LogP contribution in [0.15, 0.2) is 47.6 Å². The molecule has 2 rings (SSSR count). The highest BCUT2D eigenvalue weighted by atomic mass is 16.5. The minimum absolute atomic E-state index is 0.104. The number of nitriles is 1. The van der Waals surface area contributed by atoms with Gasteiger partial charge in [-0.2, -0.15) is 10.4 Å². The number of carbonyl (C=O) groups is 1. The van der Waals surface area contributed by atoms with Gasteiger partial charge in [-0.15, -0.1) is 0 Å². The van der Waals surface area contributed by atoms with Crippen molar-refractivity contribution >= 4 is 11.6 Å². The predicted molar refractivity (Wildman–Crippen MR) is 92.9 cm³/mol. The zero-order valence-electron chi connectivity index (χ0n) is 14.0. The average molecular weight is 321 g/mol. The van der Waals surface area contributed by atoms with Crippen LogP contribution in [0.25, 0.3) is 0 Å². The predicted octanol–water partition coefficient (Wildman–Crippen LogP) is 3.09. The molecule has 0 aliphatic rings. The van der Waals surface area contributed by atoms with E-state index in [1.807, 2.05) is 32.0 Å². The van der Waals surface area contributed by atoms with Gasteiger partial charge in [0.25, 0.3) is 5.91 Å². The normalized spacial score (nSPS) is 10.8. The molecule has 0 bridgehead atoms. The van der Waals surface area contributed by atoms with E-state index >= 15 is 0 Å². The van der Waals surface area contributed by atoms with Crippen molar-refractivity contribution in [1.82, 2.24) is 5.43 Å². The van der Waals surface area contributed by atoms with Crippen molar-refractivity contribution in [3.05, 3.63) is 64.7 Å². The fourth-order valence-corrected chi connectivity index (χ4v) is 2.19. The van der Waals surface area contributed by atoms with Gasteiger partial charge in [-0.3, -0.25) is 4.79 Å². The minimum atomic E-state index is -0.331. The van der Waals surface area contributed by atoms with E-state index in [-0.39, 0.29) is 12.5 Å². The van der Waals surface area contributed by atoms with E-state index in [0.29, 0.717) is 17.0 Å². The van der Waals surface area contributed by atoms with Crippen molar-refractivity contribution in [2.24, 2.45) is 5.10 Å². The van der Waals surface area contributed by atoms with Crippen LogP contribution in [0.3, 0.4) is 0 Å². The lowest BCUT2D eigenvalue weighted by Gasteiger charge is -2.08. The second-order valence-corrected chi connectivity index (χ2v) is 5.53. The maximum atomic E-state index is 11.8. The standard InChI is InChI=1S/C19H19N3O2/c1-13-8-14(2)10-18(9-13)24-12-19(23)22-21-15(3)17-6-4-16(11-20)5-7-17/h4-10H,12H2,1-3H3,(H,22,23). The van der Waals surface area contributed by atoms with Gasteiger partial charge in [0, 0.05) is 0 Å². The first-order valence-electron chi connectivity index (χ1n) is 7.52. The molecule has 1 N–H and O–H groups in total. The highest BCUT2D eigenvalue weighted by Gasteiger charge is 2.04. The van der Waals surface area contributed by atoms with E-state index in [4.69, 9.17) is 10.00 Å². The van der Waals surface area contributed by atoms with Gasteiger partial charge in [-0.25, -0.2) is 5.43 Å². The van der Waals surface area contributed by atoms with Crippen LogP contribution in [0.1, 0.15) is 29.2 Å². The number of hydrogen-bond acceptors (Lipinski definition) is 4. The Morgan fingerprint density at radius 1 is 1.17 bits per heavy atom. The van der Waals surface area contributed by atoms with Crippen molar-refractivity contribution in [3.8, 4) is 11.8 Å². The monoisotopic (exact) mass is 321 g/mol. The second-order valence-electron chi connectivity index (χ2n) is 5.53. The molecule has 0 saturated heterocycles. The highest BCUT2D eigenvalue weighted by molar-refractivity contribution is 5.99. The Balaban J connectivity index is 1.90. The van der Waals surface area contributed by atoms with Gasteiger partial charge in [0.1, 0.15) is 5.75 Å². The smallest absolute Gasteiger partial charge is 0.277 e. The Kier molecular flexibility index (Phi) is 5.69. The molecule has 1 amide bonds. The number of ether oxygens (including phenoxy) is 1. The Bertz CT molecular complexity index is 782. The molecular weight excluding hydrogens is 302 g/mol. The summed E-state index contributed by atoms with van der Waals surface area (Å²) in [7, 11) is 0. The molecule has 122 valence electrons. The molecule has 0 aromatic heterocycles. The first-order valence-corrected chi connectivity index (χ1v) is 7.52. The largest absolute Gasteiger partial charge is 0.484 e. The third kappa shape index (κ3) is 4.96. The number of rotatable bonds is 5. The van der Waals surface area contributed by atoms with Crippen LogP contribution in [-0.4, -0.2) is 18.2 Å². The number of benzene rings is 2. The van der Waals surface area contributed by atoms with Gasteiger partial charge in [-0.1, -0.05) is 18.2 Å². The molecule has 2 aromatic rings. The zero-order chi connectivity index (χ0) is 17.5. The molecule has 0 unspecified atom stereocenters. The van der Waals surface area contributed by atoms with Crippen LogP contribution < -0.4 is 10.2 Å². The van der Waals surface area contributed by atoms with Gasteiger partial charge in [0.15, 0.2) is 6.61 Å². The van der Waals surface area contributed by atoms with E-state index < -0.39 is 0 Å². The molecule has 0 aliphatic carbocycles. The molecule has 24 heavy (non-hydrogen) atoms. The van der Waals surface area contributed by atoms with E-state index in [2.05, 4.69) is 16.6 Å². The molecule has 0 fully saturated rings. The first-order chi connectivity index (χ1) is 11.5. The van der Waals surface area contributed by atoms with Crippen LogP contribution in [-0.2, 0) is 4.79 Å². The van der Waals surface area contributed by atoms with Crippen LogP contribution in [0.2, 0.25) is 0 Å².